The molecule has 1 aliphatic rings. The first-order valence-electron chi connectivity index (χ1n) is 9.06. The molecule has 156 valence electrons. The summed E-state index contributed by atoms with van der Waals surface area (Å²) in [7, 11) is 1.77. The smallest absolute Gasteiger partial charge is 0.387 e. The van der Waals surface area contributed by atoms with Gasteiger partial charge in [0.05, 0.1) is 5.69 Å². The molecule has 0 amide bonds. The van der Waals surface area contributed by atoms with Crippen LogP contribution in [0, 0.1) is 6.92 Å². The first-order valence-corrected chi connectivity index (χ1v) is 9.06. The lowest BCUT2D eigenvalue weighted by molar-refractivity contribution is -0.143. The highest BCUT2D eigenvalue weighted by Gasteiger charge is 2.30. The predicted molar refractivity (Wildman–Crippen MR) is 101 cm³/mol. The van der Waals surface area contributed by atoms with Gasteiger partial charge in [0, 0.05) is 24.2 Å². The zero-order valence-corrected chi connectivity index (χ0v) is 16.0. The molecule has 2 aromatic rings. The van der Waals surface area contributed by atoms with E-state index in [2.05, 4.69) is 20.3 Å². The van der Waals surface area contributed by atoms with Crippen molar-refractivity contribution >= 4 is 11.8 Å². The Kier molecular flexibility index (Phi) is 6.12. The molecular formula is C19H22F2N4O4. The summed E-state index contributed by atoms with van der Waals surface area (Å²) in [4.78, 5) is 13.0. The number of aromatic nitrogens is 2. The summed E-state index contributed by atoms with van der Waals surface area (Å²) in [6.45, 7) is -0.765. The molecule has 0 bridgehead atoms. The van der Waals surface area contributed by atoms with Gasteiger partial charge < -0.3 is 20.3 Å². The fourth-order valence-corrected chi connectivity index (χ4v) is 3.57. The van der Waals surface area contributed by atoms with Crippen LogP contribution in [0.1, 0.15) is 18.4 Å². The van der Waals surface area contributed by atoms with Crippen molar-refractivity contribution in [1.29, 1.82) is 0 Å². The normalized spacial score (nSPS) is 19.9. The van der Waals surface area contributed by atoms with Crippen LogP contribution in [0.15, 0.2) is 24.3 Å². The molecular weight excluding hydrogens is 386 g/mol. The minimum atomic E-state index is -2.98. The number of ether oxygens (including phenoxy) is 1. The number of piperidine rings is 1. The molecule has 0 saturated carbocycles. The van der Waals surface area contributed by atoms with Crippen molar-refractivity contribution in [2.75, 3.05) is 18.9 Å². The molecule has 3 N–H and O–H groups in total. The topological polar surface area (TPSA) is 108 Å². The highest BCUT2D eigenvalue weighted by molar-refractivity contribution is 5.73. The first-order chi connectivity index (χ1) is 13.7. The number of benzene rings is 1. The first kappa shape index (κ1) is 20.7. The number of alkyl halides is 2. The summed E-state index contributed by atoms with van der Waals surface area (Å²) in [5, 5.41) is 30.9. The molecule has 1 aromatic carbocycles. The van der Waals surface area contributed by atoms with E-state index in [4.69, 9.17) is 0 Å². The lowest BCUT2D eigenvalue weighted by Gasteiger charge is -2.35. The van der Waals surface area contributed by atoms with Crippen molar-refractivity contribution in [3.63, 3.8) is 0 Å². The highest BCUT2D eigenvalue weighted by atomic mass is 19.3. The SMILES string of the molecule is Cc1cc(OC(F)F)cc(O)c1-c1ccc(NC2CCC(C(=O)O)N(C)C2)nn1. The third-order valence-corrected chi connectivity index (χ3v) is 4.90. The molecule has 29 heavy (non-hydrogen) atoms. The highest BCUT2D eigenvalue weighted by Crippen LogP contribution is 2.35. The van der Waals surface area contributed by atoms with E-state index in [1.165, 1.54) is 6.07 Å². The van der Waals surface area contributed by atoms with Gasteiger partial charge in [0.2, 0.25) is 0 Å². The monoisotopic (exact) mass is 408 g/mol. The van der Waals surface area contributed by atoms with Crippen LogP contribution >= 0.6 is 0 Å². The Bertz CT molecular complexity index is 856. The molecule has 1 aromatic heterocycles. The number of carboxylic acids is 1. The van der Waals surface area contributed by atoms with E-state index in [-0.39, 0.29) is 17.5 Å². The molecule has 1 aliphatic heterocycles. The number of rotatable bonds is 6. The van der Waals surface area contributed by atoms with Crippen LogP contribution < -0.4 is 10.1 Å². The number of carboxylic acid groups (broad SMARTS) is 1. The fraction of sp³-hybridized carbons (Fsp3) is 0.421. The molecule has 0 radical (unpaired) electrons. The Balaban J connectivity index is 1.70. The Morgan fingerprint density at radius 3 is 2.62 bits per heavy atom. The van der Waals surface area contributed by atoms with Crippen LogP contribution in [0.3, 0.4) is 0 Å². The van der Waals surface area contributed by atoms with E-state index in [0.29, 0.717) is 42.0 Å². The third-order valence-electron chi connectivity index (χ3n) is 4.90. The molecule has 10 heteroatoms. The van der Waals surface area contributed by atoms with E-state index in [9.17, 15) is 23.8 Å². The number of likely N-dealkylation sites (N-methyl/N-ethyl adjacent to an activating group) is 1. The van der Waals surface area contributed by atoms with Crippen molar-refractivity contribution in [2.24, 2.45) is 0 Å². The number of nitrogens with zero attached hydrogens (tertiary/aromatic N) is 3. The zero-order valence-electron chi connectivity index (χ0n) is 16.0. The van der Waals surface area contributed by atoms with Crippen LogP contribution in [0.25, 0.3) is 11.3 Å². The van der Waals surface area contributed by atoms with Gasteiger partial charge in [-0.25, -0.2) is 0 Å². The van der Waals surface area contributed by atoms with E-state index in [0.717, 1.165) is 6.07 Å². The number of carbonyl (C=O) groups is 1. The molecule has 0 aliphatic carbocycles. The standard InChI is InChI=1S/C19H22F2N4O4/c1-10-7-12(29-19(20)21)8-15(26)17(10)13-4-6-16(24-23-13)22-11-3-5-14(18(27)28)25(2)9-11/h4,6-8,11,14,19,26H,3,5,9H2,1-2H3,(H,22,24)(H,27,28). The van der Waals surface area contributed by atoms with Crippen LogP contribution in [-0.4, -0.2) is 63.6 Å². The van der Waals surface area contributed by atoms with Gasteiger partial charge in [-0.3, -0.25) is 9.69 Å². The Hall–Kier alpha value is -3.01. The number of aryl methyl sites for hydroxylation is 1. The second kappa shape index (κ2) is 8.56. The lowest BCUT2D eigenvalue weighted by atomic mass is 9.99. The van der Waals surface area contributed by atoms with E-state index in [1.54, 1.807) is 31.0 Å². The summed E-state index contributed by atoms with van der Waals surface area (Å²) in [5.74, 6) is -0.665. The second-order valence-electron chi connectivity index (χ2n) is 7.03. The number of nitrogens with one attached hydrogen (secondary N) is 1. The molecule has 2 unspecified atom stereocenters. The number of phenolic OH excluding ortho intramolecular Hbond substituents is 1. The number of aliphatic carboxylic acids is 1. The number of likely N-dealkylation sites (tertiary alicyclic amines) is 1. The van der Waals surface area contributed by atoms with Crippen molar-refractivity contribution in [2.45, 2.75) is 38.5 Å². The van der Waals surface area contributed by atoms with Gasteiger partial charge >= 0.3 is 12.6 Å². The summed E-state index contributed by atoms with van der Waals surface area (Å²) < 4.78 is 29.0. The predicted octanol–water partition coefficient (Wildman–Crippen LogP) is 2.72. The largest absolute Gasteiger partial charge is 0.507 e. The average molecular weight is 408 g/mol. The van der Waals surface area contributed by atoms with Gasteiger partial charge in [0.25, 0.3) is 0 Å². The number of hydrogen-bond donors (Lipinski definition) is 3. The van der Waals surface area contributed by atoms with Gasteiger partial charge in [-0.1, -0.05) is 0 Å². The Labute approximate surface area is 166 Å². The molecule has 2 atom stereocenters. The van der Waals surface area contributed by atoms with E-state index in [1.807, 2.05) is 0 Å². The Morgan fingerprint density at radius 2 is 2.07 bits per heavy atom. The second-order valence-corrected chi connectivity index (χ2v) is 7.03. The minimum Gasteiger partial charge on any atom is -0.507 e. The van der Waals surface area contributed by atoms with Crippen molar-refractivity contribution in [3.8, 4) is 22.8 Å². The number of hydrogen-bond acceptors (Lipinski definition) is 7. The number of phenols is 1. The van der Waals surface area contributed by atoms with Gasteiger partial charge in [0.15, 0.2) is 0 Å². The summed E-state index contributed by atoms with van der Waals surface area (Å²) >= 11 is 0. The van der Waals surface area contributed by atoms with Crippen molar-refractivity contribution < 1.29 is 28.5 Å². The minimum absolute atomic E-state index is 0.0386. The number of aromatic hydroxyl groups is 1. The van der Waals surface area contributed by atoms with Gasteiger partial charge in [-0.2, -0.15) is 8.78 Å². The molecule has 2 heterocycles. The maximum absolute atomic E-state index is 12.4. The summed E-state index contributed by atoms with van der Waals surface area (Å²) in [6, 6.07) is 5.43. The maximum Gasteiger partial charge on any atom is 0.387 e. The third kappa shape index (κ3) is 4.89. The average Bonchev–Trinajstić information content (AvgIpc) is 2.61. The van der Waals surface area contributed by atoms with Gasteiger partial charge in [0.1, 0.15) is 23.4 Å². The maximum atomic E-state index is 12.4. The van der Waals surface area contributed by atoms with Crippen molar-refractivity contribution in [1.82, 2.24) is 15.1 Å². The molecule has 0 spiro atoms. The summed E-state index contributed by atoms with van der Waals surface area (Å²) in [5.41, 5.74) is 1.29. The lowest BCUT2D eigenvalue weighted by Crippen LogP contribution is -2.49. The van der Waals surface area contributed by atoms with Crippen LogP contribution in [0.2, 0.25) is 0 Å². The summed E-state index contributed by atoms with van der Waals surface area (Å²) in [6.07, 6.45) is 1.23. The molecule has 3 rings (SSSR count). The number of anilines is 1. The van der Waals surface area contributed by atoms with Gasteiger partial charge in [-0.05, 0) is 50.6 Å². The zero-order chi connectivity index (χ0) is 21.1. The fourth-order valence-electron chi connectivity index (χ4n) is 3.57. The molecule has 8 nitrogen and oxygen atoms in total. The molecule has 1 saturated heterocycles. The van der Waals surface area contributed by atoms with Crippen LogP contribution in [-0.2, 0) is 4.79 Å². The van der Waals surface area contributed by atoms with Crippen LogP contribution in [0.5, 0.6) is 11.5 Å². The van der Waals surface area contributed by atoms with E-state index >= 15 is 0 Å². The van der Waals surface area contributed by atoms with Crippen molar-refractivity contribution in [3.05, 3.63) is 29.8 Å². The quantitative estimate of drug-likeness (QED) is 0.670. The van der Waals surface area contributed by atoms with Gasteiger partial charge in [-0.15, -0.1) is 10.2 Å². The molecule has 1 fully saturated rings. The van der Waals surface area contributed by atoms with Crippen LogP contribution in [0.4, 0.5) is 14.6 Å². The number of halogens is 2. The Morgan fingerprint density at radius 1 is 1.31 bits per heavy atom. The van der Waals surface area contributed by atoms with E-state index < -0.39 is 18.6 Å².